The minimum absolute atomic E-state index is 0.200. The number of hydrogen-bond donors (Lipinski definition) is 2. The Bertz CT molecular complexity index is 260. The first kappa shape index (κ1) is 17.4. The quantitative estimate of drug-likeness (QED) is 0.653. The van der Waals surface area contributed by atoms with Gasteiger partial charge in [0, 0.05) is 39.1 Å². The third-order valence-corrected chi connectivity index (χ3v) is 4.18. The van der Waals surface area contributed by atoms with Crippen molar-refractivity contribution in [3.63, 3.8) is 0 Å². The van der Waals surface area contributed by atoms with Crippen LogP contribution in [0.3, 0.4) is 0 Å². The maximum Gasteiger partial charge on any atom is 0.222 e. The number of carbonyl (C=O) groups excluding carboxylic acids is 1. The standard InChI is InChI=1S/C15H31N3O2/c1-2-3-14(6-7-16)4-5-15(20)18-10-8-17(9-11-18)12-13-19/h14,19H,2-13,16H2,1H3. The van der Waals surface area contributed by atoms with Crippen LogP contribution in [0.1, 0.15) is 39.0 Å². The third kappa shape index (κ3) is 6.20. The van der Waals surface area contributed by atoms with E-state index in [1.807, 2.05) is 4.90 Å². The van der Waals surface area contributed by atoms with Gasteiger partial charge < -0.3 is 15.7 Å². The van der Waals surface area contributed by atoms with Crippen molar-refractivity contribution in [2.45, 2.75) is 39.0 Å². The number of aliphatic hydroxyl groups excluding tert-OH is 1. The predicted octanol–water partition coefficient (Wildman–Crippen LogP) is 0.668. The van der Waals surface area contributed by atoms with Crippen molar-refractivity contribution in [2.75, 3.05) is 45.9 Å². The van der Waals surface area contributed by atoms with Crippen molar-refractivity contribution in [3.05, 3.63) is 0 Å². The third-order valence-electron chi connectivity index (χ3n) is 4.18. The fraction of sp³-hybridized carbons (Fsp3) is 0.933. The van der Waals surface area contributed by atoms with E-state index in [4.69, 9.17) is 10.8 Å². The Hall–Kier alpha value is -0.650. The summed E-state index contributed by atoms with van der Waals surface area (Å²) >= 11 is 0. The molecule has 0 aliphatic carbocycles. The molecule has 1 aliphatic rings. The van der Waals surface area contributed by atoms with Crippen LogP contribution in [-0.2, 0) is 4.79 Å². The van der Waals surface area contributed by atoms with Gasteiger partial charge in [-0.1, -0.05) is 19.8 Å². The topological polar surface area (TPSA) is 69.8 Å². The Labute approximate surface area is 123 Å². The van der Waals surface area contributed by atoms with Gasteiger partial charge >= 0.3 is 0 Å². The number of rotatable bonds is 9. The summed E-state index contributed by atoms with van der Waals surface area (Å²) in [6.45, 7) is 7.19. The lowest BCUT2D eigenvalue weighted by molar-refractivity contribution is -0.133. The predicted molar refractivity (Wildman–Crippen MR) is 81.4 cm³/mol. The van der Waals surface area contributed by atoms with Crippen LogP contribution in [0.25, 0.3) is 0 Å². The molecule has 5 nitrogen and oxygen atoms in total. The molecule has 1 heterocycles. The Morgan fingerprint density at radius 1 is 1.20 bits per heavy atom. The van der Waals surface area contributed by atoms with E-state index in [1.54, 1.807) is 0 Å². The first-order valence-electron chi connectivity index (χ1n) is 8.02. The molecule has 0 aromatic heterocycles. The summed E-state index contributed by atoms with van der Waals surface area (Å²) in [5.74, 6) is 0.886. The number of amides is 1. The highest BCUT2D eigenvalue weighted by molar-refractivity contribution is 5.76. The van der Waals surface area contributed by atoms with Gasteiger partial charge in [-0.15, -0.1) is 0 Å². The Kier molecular flexibility index (Phi) is 8.82. The van der Waals surface area contributed by atoms with Crippen LogP contribution in [0.15, 0.2) is 0 Å². The van der Waals surface area contributed by atoms with Gasteiger partial charge in [0.2, 0.25) is 5.91 Å². The lowest BCUT2D eigenvalue weighted by Gasteiger charge is -2.34. The lowest BCUT2D eigenvalue weighted by atomic mass is 9.94. The zero-order valence-electron chi connectivity index (χ0n) is 12.9. The molecule has 1 saturated heterocycles. The number of hydrogen-bond acceptors (Lipinski definition) is 4. The van der Waals surface area contributed by atoms with Gasteiger partial charge in [-0.3, -0.25) is 9.69 Å². The van der Waals surface area contributed by atoms with Crippen LogP contribution >= 0.6 is 0 Å². The summed E-state index contributed by atoms with van der Waals surface area (Å²) in [5.41, 5.74) is 5.63. The van der Waals surface area contributed by atoms with Gasteiger partial charge in [0.25, 0.3) is 0 Å². The number of carbonyl (C=O) groups is 1. The van der Waals surface area contributed by atoms with Crippen LogP contribution < -0.4 is 5.73 Å². The fourth-order valence-corrected chi connectivity index (χ4v) is 2.92. The molecule has 118 valence electrons. The number of aliphatic hydroxyl groups is 1. The van der Waals surface area contributed by atoms with E-state index in [1.165, 1.54) is 12.8 Å². The molecule has 1 atom stereocenters. The molecule has 3 N–H and O–H groups in total. The minimum Gasteiger partial charge on any atom is -0.395 e. The number of β-amino-alcohol motifs (C(OH)–C–C–N with tert-alkyl or cyclic N) is 1. The molecule has 20 heavy (non-hydrogen) atoms. The highest BCUT2D eigenvalue weighted by Crippen LogP contribution is 2.18. The molecular formula is C15H31N3O2. The molecule has 0 spiro atoms. The molecule has 0 saturated carbocycles. The average Bonchev–Trinajstić information content (AvgIpc) is 2.46. The summed E-state index contributed by atoms with van der Waals surface area (Å²) < 4.78 is 0. The maximum atomic E-state index is 12.2. The normalized spacial score (nSPS) is 18.2. The second-order valence-electron chi connectivity index (χ2n) is 5.72. The zero-order chi connectivity index (χ0) is 14.8. The van der Waals surface area contributed by atoms with Crippen molar-refractivity contribution in [2.24, 2.45) is 11.7 Å². The molecule has 0 bridgehead atoms. The summed E-state index contributed by atoms with van der Waals surface area (Å²) in [5, 5.41) is 8.91. The van der Waals surface area contributed by atoms with Gasteiger partial charge in [-0.2, -0.15) is 0 Å². The number of nitrogens with zero attached hydrogens (tertiary/aromatic N) is 2. The van der Waals surface area contributed by atoms with E-state index in [-0.39, 0.29) is 12.5 Å². The van der Waals surface area contributed by atoms with Gasteiger partial charge in [-0.25, -0.2) is 0 Å². The first-order valence-corrected chi connectivity index (χ1v) is 8.02. The summed E-state index contributed by atoms with van der Waals surface area (Å²) in [6, 6.07) is 0. The van der Waals surface area contributed by atoms with Crippen molar-refractivity contribution < 1.29 is 9.90 Å². The van der Waals surface area contributed by atoms with E-state index >= 15 is 0 Å². The molecule has 5 heteroatoms. The highest BCUT2D eigenvalue weighted by Gasteiger charge is 2.21. The van der Waals surface area contributed by atoms with Gasteiger partial charge in [0.1, 0.15) is 0 Å². The summed E-state index contributed by atoms with van der Waals surface area (Å²) in [6.07, 6.45) is 5.00. The van der Waals surface area contributed by atoms with Crippen LogP contribution in [-0.4, -0.2) is 66.7 Å². The summed E-state index contributed by atoms with van der Waals surface area (Å²) in [4.78, 5) is 16.4. The van der Waals surface area contributed by atoms with Crippen LogP contribution in [0.4, 0.5) is 0 Å². The molecule has 1 amide bonds. The lowest BCUT2D eigenvalue weighted by Crippen LogP contribution is -2.49. The van der Waals surface area contributed by atoms with Crippen molar-refractivity contribution in [1.29, 1.82) is 0 Å². The zero-order valence-corrected chi connectivity index (χ0v) is 12.9. The summed E-state index contributed by atoms with van der Waals surface area (Å²) in [7, 11) is 0. The fourth-order valence-electron chi connectivity index (χ4n) is 2.92. The number of nitrogens with two attached hydrogens (primary N) is 1. The van der Waals surface area contributed by atoms with Gasteiger partial charge in [-0.05, 0) is 25.3 Å². The van der Waals surface area contributed by atoms with Crippen LogP contribution in [0.5, 0.6) is 0 Å². The van der Waals surface area contributed by atoms with E-state index in [2.05, 4.69) is 11.8 Å². The van der Waals surface area contributed by atoms with Crippen LogP contribution in [0.2, 0.25) is 0 Å². The second-order valence-corrected chi connectivity index (χ2v) is 5.72. The van der Waals surface area contributed by atoms with E-state index < -0.39 is 0 Å². The molecule has 1 unspecified atom stereocenters. The molecule has 0 aromatic rings. The maximum absolute atomic E-state index is 12.2. The molecule has 1 rings (SSSR count). The van der Waals surface area contributed by atoms with Gasteiger partial charge in [0.05, 0.1) is 6.61 Å². The average molecular weight is 285 g/mol. The Morgan fingerprint density at radius 2 is 1.90 bits per heavy atom. The van der Waals surface area contributed by atoms with Gasteiger partial charge in [0.15, 0.2) is 0 Å². The molecule has 0 radical (unpaired) electrons. The van der Waals surface area contributed by atoms with E-state index in [0.29, 0.717) is 12.3 Å². The Morgan fingerprint density at radius 3 is 2.45 bits per heavy atom. The largest absolute Gasteiger partial charge is 0.395 e. The van der Waals surface area contributed by atoms with Crippen molar-refractivity contribution >= 4 is 5.91 Å². The van der Waals surface area contributed by atoms with E-state index in [0.717, 1.165) is 52.1 Å². The SMILES string of the molecule is CCCC(CCN)CCC(=O)N1CCN(CCO)CC1. The molecule has 1 fully saturated rings. The Balaban J connectivity index is 2.25. The monoisotopic (exact) mass is 285 g/mol. The highest BCUT2D eigenvalue weighted by atomic mass is 16.3. The van der Waals surface area contributed by atoms with Crippen molar-refractivity contribution in [3.8, 4) is 0 Å². The van der Waals surface area contributed by atoms with E-state index in [9.17, 15) is 4.79 Å². The second kappa shape index (κ2) is 10.1. The minimum atomic E-state index is 0.200. The molecule has 1 aliphatic heterocycles. The first-order chi connectivity index (χ1) is 9.71. The number of piperazine rings is 1. The van der Waals surface area contributed by atoms with Crippen molar-refractivity contribution in [1.82, 2.24) is 9.80 Å². The molecule has 0 aromatic carbocycles. The smallest absolute Gasteiger partial charge is 0.222 e. The van der Waals surface area contributed by atoms with Crippen LogP contribution in [0, 0.1) is 5.92 Å². The molecular weight excluding hydrogens is 254 g/mol.